The monoisotopic (exact) mass is 285 g/mol. The number of anilines is 1. The van der Waals surface area contributed by atoms with Gasteiger partial charge in [-0.2, -0.15) is 0 Å². The van der Waals surface area contributed by atoms with Crippen LogP contribution in [-0.2, 0) is 0 Å². The van der Waals surface area contributed by atoms with Gasteiger partial charge in [0.2, 0.25) is 0 Å². The van der Waals surface area contributed by atoms with Crippen molar-refractivity contribution in [3.8, 4) is 5.75 Å². The summed E-state index contributed by atoms with van der Waals surface area (Å²) in [5, 5.41) is 21.1. The molecule has 0 aromatic heterocycles. The lowest BCUT2D eigenvalue weighted by molar-refractivity contribution is 0.0693. The van der Waals surface area contributed by atoms with Crippen LogP contribution in [0.2, 0.25) is 0 Å². The largest absolute Gasteiger partial charge is 0.507 e. The van der Waals surface area contributed by atoms with E-state index in [1.807, 2.05) is 19.9 Å². The van der Waals surface area contributed by atoms with Gasteiger partial charge in [0.05, 0.1) is 0 Å². The van der Waals surface area contributed by atoms with E-state index < -0.39 is 5.97 Å². The summed E-state index contributed by atoms with van der Waals surface area (Å²) in [7, 11) is 0. The lowest BCUT2D eigenvalue weighted by atomic mass is 10.0. The molecule has 21 heavy (non-hydrogen) atoms. The normalized spacial score (nSPS) is 10.2. The van der Waals surface area contributed by atoms with E-state index in [0.29, 0.717) is 11.3 Å². The molecule has 0 unspecified atom stereocenters. The van der Waals surface area contributed by atoms with E-state index in [4.69, 9.17) is 5.11 Å². The molecule has 1 amide bonds. The van der Waals surface area contributed by atoms with Gasteiger partial charge in [-0.3, -0.25) is 4.79 Å². The quantitative estimate of drug-likeness (QED) is 0.809. The van der Waals surface area contributed by atoms with Crippen molar-refractivity contribution in [1.82, 2.24) is 0 Å². The maximum absolute atomic E-state index is 12.2. The number of aryl methyl sites for hydroxylation is 1. The van der Waals surface area contributed by atoms with Crippen LogP contribution in [0.15, 0.2) is 36.4 Å². The average molecular weight is 285 g/mol. The van der Waals surface area contributed by atoms with E-state index >= 15 is 0 Å². The molecule has 0 saturated heterocycles. The fraction of sp³-hybridized carbons (Fsp3) is 0.125. The number of aromatic carboxylic acids is 1. The molecule has 0 fully saturated rings. The number of aromatic hydroxyl groups is 1. The van der Waals surface area contributed by atoms with Crippen LogP contribution < -0.4 is 5.32 Å². The SMILES string of the molecule is Cc1cccc(C(=O)Nc2ccc(C(=O)O)c(O)c2)c1C. The summed E-state index contributed by atoms with van der Waals surface area (Å²) in [5.74, 6) is -1.92. The van der Waals surface area contributed by atoms with Crippen LogP contribution in [0.25, 0.3) is 0 Å². The zero-order valence-electron chi connectivity index (χ0n) is 11.7. The highest BCUT2D eigenvalue weighted by Gasteiger charge is 2.13. The van der Waals surface area contributed by atoms with Gasteiger partial charge in [0.25, 0.3) is 5.91 Å². The number of carboxylic acids is 1. The molecule has 0 spiro atoms. The van der Waals surface area contributed by atoms with Crippen LogP contribution >= 0.6 is 0 Å². The first kappa shape index (κ1) is 14.6. The highest BCUT2D eigenvalue weighted by Crippen LogP contribution is 2.23. The van der Waals surface area contributed by atoms with E-state index in [1.165, 1.54) is 18.2 Å². The van der Waals surface area contributed by atoms with Crippen molar-refractivity contribution in [1.29, 1.82) is 0 Å². The number of amides is 1. The first-order valence-electron chi connectivity index (χ1n) is 6.34. The summed E-state index contributed by atoms with van der Waals surface area (Å²) in [6.45, 7) is 3.77. The molecule has 2 aromatic rings. The third kappa shape index (κ3) is 3.02. The molecule has 0 bridgehead atoms. The Morgan fingerprint density at radius 2 is 1.76 bits per heavy atom. The van der Waals surface area contributed by atoms with Gasteiger partial charge in [0.15, 0.2) is 0 Å². The van der Waals surface area contributed by atoms with Crippen molar-refractivity contribution in [2.75, 3.05) is 5.32 Å². The number of hydrogen-bond acceptors (Lipinski definition) is 3. The molecule has 5 heteroatoms. The van der Waals surface area contributed by atoms with Crippen molar-refractivity contribution in [3.63, 3.8) is 0 Å². The lowest BCUT2D eigenvalue weighted by Gasteiger charge is -2.10. The van der Waals surface area contributed by atoms with Crippen molar-refractivity contribution >= 4 is 17.6 Å². The molecule has 5 nitrogen and oxygen atoms in total. The zero-order chi connectivity index (χ0) is 15.6. The van der Waals surface area contributed by atoms with Crippen LogP contribution in [0.4, 0.5) is 5.69 Å². The Hall–Kier alpha value is -2.82. The van der Waals surface area contributed by atoms with Crippen molar-refractivity contribution < 1.29 is 19.8 Å². The standard InChI is InChI=1S/C16H15NO4/c1-9-4-3-5-12(10(9)2)15(19)17-11-6-7-13(16(20)21)14(18)8-11/h3-8,18H,1-2H3,(H,17,19)(H,20,21). The van der Waals surface area contributed by atoms with Gasteiger partial charge in [-0.05, 0) is 43.2 Å². The molecule has 0 atom stereocenters. The number of carbonyl (C=O) groups is 2. The van der Waals surface area contributed by atoms with Gasteiger partial charge >= 0.3 is 5.97 Å². The zero-order valence-corrected chi connectivity index (χ0v) is 11.7. The Bertz CT molecular complexity index is 722. The second-order valence-electron chi connectivity index (χ2n) is 4.74. The highest BCUT2D eigenvalue weighted by molar-refractivity contribution is 6.05. The molecule has 0 radical (unpaired) electrons. The predicted molar refractivity (Wildman–Crippen MR) is 78.9 cm³/mol. The van der Waals surface area contributed by atoms with Crippen LogP contribution in [0.5, 0.6) is 5.75 Å². The van der Waals surface area contributed by atoms with Crippen molar-refractivity contribution in [2.24, 2.45) is 0 Å². The maximum atomic E-state index is 12.2. The fourth-order valence-electron chi connectivity index (χ4n) is 1.99. The van der Waals surface area contributed by atoms with Crippen LogP contribution in [0.1, 0.15) is 31.8 Å². The van der Waals surface area contributed by atoms with Crippen molar-refractivity contribution in [3.05, 3.63) is 58.7 Å². The summed E-state index contributed by atoms with van der Waals surface area (Å²) in [6.07, 6.45) is 0. The van der Waals surface area contributed by atoms with Gasteiger partial charge in [0.1, 0.15) is 11.3 Å². The Morgan fingerprint density at radius 1 is 1.05 bits per heavy atom. The molecule has 2 rings (SSSR count). The van der Waals surface area contributed by atoms with Gasteiger partial charge < -0.3 is 15.5 Å². The number of nitrogens with one attached hydrogen (secondary N) is 1. The number of carboxylic acid groups (broad SMARTS) is 1. The number of rotatable bonds is 3. The van der Waals surface area contributed by atoms with Crippen LogP contribution in [0, 0.1) is 13.8 Å². The molecule has 0 aliphatic heterocycles. The summed E-state index contributed by atoms with van der Waals surface area (Å²) in [4.78, 5) is 23.0. The molecule has 3 N–H and O–H groups in total. The van der Waals surface area contributed by atoms with E-state index in [9.17, 15) is 14.7 Å². The third-order valence-electron chi connectivity index (χ3n) is 3.34. The second kappa shape index (κ2) is 5.66. The van der Waals surface area contributed by atoms with Crippen LogP contribution in [-0.4, -0.2) is 22.1 Å². The Kier molecular flexibility index (Phi) is 3.93. The summed E-state index contributed by atoms with van der Waals surface area (Å²) in [5.41, 5.74) is 2.55. The summed E-state index contributed by atoms with van der Waals surface area (Å²) in [6, 6.07) is 9.32. The number of carbonyl (C=O) groups excluding carboxylic acids is 1. The van der Waals surface area contributed by atoms with Gasteiger partial charge in [-0.25, -0.2) is 4.79 Å². The van der Waals surface area contributed by atoms with E-state index in [2.05, 4.69) is 5.32 Å². The van der Waals surface area contributed by atoms with E-state index in [1.54, 1.807) is 12.1 Å². The molecule has 0 aliphatic carbocycles. The van der Waals surface area contributed by atoms with Crippen LogP contribution in [0.3, 0.4) is 0 Å². The first-order valence-corrected chi connectivity index (χ1v) is 6.34. The summed E-state index contributed by atoms with van der Waals surface area (Å²) < 4.78 is 0. The molecule has 2 aromatic carbocycles. The minimum absolute atomic E-state index is 0.209. The molecular formula is C16H15NO4. The fourth-order valence-corrected chi connectivity index (χ4v) is 1.99. The van der Waals surface area contributed by atoms with Gasteiger partial charge in [0, 0.05) is 17.3 Å². The Balaban J connectivity index is 2.26. The number of hydrogen-bond donors (Lipinski definition) is 3. The molecular weight excluding hydrogens is 270 g/mol. The minimum atomic E-state index is -1.22. The second-order valence-corrected chi connectivity index (χ2v) is 4.74. The summed E-state index contributed by atoms with van der Waals surface area (Å²) >= 11 is 0. The van der Waals surface area contributed by atoms with E-state index in [-0.39, 0.29) is 17.2 Å². The molecule has 0 saturated carbocycles. The van der Waals surface area contributed by atoms with Crippen molar-refractivity contribution in [2.45, 2.75) is 13.8 Å². The minimum Gasteiger partial charge on any atom is -0.507 e. The smallest absolute Gasteiger partial charge is 0.339 e. The lowest BCUT2D eigenvalue weighted by Crippen LogP contribution is -2.14. The molecule has 0 aliphatic rings. The van der Waals surface area contributed by atoms with Gasteiger partial charge in [-0.15, -0.1) is 0 Å². The van der Waals surface area contributed by atoms with Gasteiger partial charge in [-0.1, -0.05) is 12.1 Å². The third-order valence-corrected chi connectivity index (χ3v) is 3.34. The molecule has 108 valence electrons. The van der Waals surface area contributed by atoms with E-state index in [0.717, 1.165) is 11.1 Å². The number of phenols is 1. The molecule has 0 heterocycles. The maximum Gasteiger partial charge on any atom is 0.339 e. The predicted octanol–water partition coefficient (Wildman–Crippen LogP) is 2.96. The Morgan fingerprint density at radius 3 is 2.38 bits per heavy atom. The topological polar surface area (TPSA) is 86.6 Å². The number of benzene rings is 2. The first-order chi connectivity index (χ1) is 9.90. The Labute approximate surface area is 121 Å². The highest BCUT2D eigenvalue weighted by atomic mass is 16.4. The average Bonchev–Trinajstić information content (AvgIpc) is 2.41.